The molecule has 34 heavy (non-hydrogen) atoms. The molecule has 0 fully saturated rings. The van der Waals surface area contributed by atoms with Gasteiger partial charge in [0, 0.05) is 17.1 Å². The average molecular weight is 515 g/mol. The van der Waals surface area contributed by atoms with Gasteiger partial charge >= 0.3 is 0 Å². The summed E-state index contributed by atoms with van der Waals surface area (Å²) in [6.07, 6.45) is 0.132. The van der Waals surface area contributed by atoms with E-state index in [1.54, 1.807) is 19.2 Å². The third kappa shape index (κ3) is 6.46. The van der Waals surface area contributed by atoms with E-state index in [2.05, 4.69) is 20.6 Å². The first-order valence-corrected chi connectivity index (χ1v) is 13.0. The number of carbonyl (C=O) groups excluding carboxylic acids is 2. The van der Waals surface area contributed by atoms with E-state index in [9.17, 15) is 9.59 Å². The Balaban J connectivity index is 1.27. The largest absolute Gasteiger partial charge is 0.497 e. The third-order valence-corrected chi connectivity index (χ3v) is 7.47. The van der Waals surface area contributed by atoms with Crippen LogP contribution < -0.4 is 20.1 Å². The summed E-state index contributed by atoms with van der Waals surface area (Å²) in [4.78, 5) is 33.6. The van der Waals surface area contributed by atoms with Crippen LogP contribution in [-0.2, 0) is 16.0 Å². The Hall–Kier alpha value is -3.15. The molecule has 0 saturated heterocycles. The third-order valence-electron chi connectivity index (χ3n) is 4.47. The van der Waals surface area contributed by atoms with Gasteiger partial charge in [0.15, 0.2) is 9.47 Å². The number of carbonyl (C=O) groups is 2. The van der Waals surface area contributed by atoms with Crippen molar-refractivity contribution in [2.24, 2.45) is 0 Å². The summed E-state index contributed by atoms with van der Waals surface area (Å²) in [6.45, 7) is 2.52. The fourth-order valence-corrected chi connectivity index (χ4v) is 5.56. The van der Waals surface area contributed by atoms with Crippen molar-refractivity contribution in [3.8, 4) is 11.5 Å². The Labute approximate surface area is 208 Å². The summed E-state index contributed by atoms with van der Waals surface area (Å²) in [6, 6.07) is 12.8. The number of thiazole rings is 2. The molecule has 0 unspecified atom stereocenters. The standard InChI is InChI=1S/C23H22N4O4S3/c1-3-31-17-7-8-18-19(11-17)34-22(26-18)27-20(28)10-15-12-32-23(25-15)33-13-21(29)24-14-5-4-6-16(9-14)30-2/h4-9,11-12H,3,10,13H2,1-2H3,(H,24,29)(H,26,27,28). The lowest BCUT2D eigenvalue weighted by molar-refractivity contribution is -0.116. The number of nitrogens with zero attached hydrogens (tertiary/aromatic N) is 2. The van der Waals surface area contributed by atoms with Gasteiger partial charge in [-0.05, 0) is 37.3 Å². The number of anilines is 2. The van der Waals surface area contributed by atoms with Crippen LogP contribution >= 0.6 is 34.4 Å². The predicted molar refractivity (Wildman–Crippen MR) is 138 cm³/mol. The fourth-order valence-electron chi connectivity index (χ4n) is 3.00. The molecule has 0 aliphatic rings. The highest BCUT2D eigenvalue weighted by Gasteiger charge is 2.13. The van der Waals surface area contributed by atoms with Gasteiger partial charge in [-0.25, -0.2) is 9.97 Å². The van der Waals surface area contributed by atoms with Gasteiger partial charge < -0.3 is 20.1 Å². The maximum absolute atomic E-state index is 12.5. The maximum atomic E-state index is 12.5. The van der Waals surface area contributed by atoms with Crippen molar-refractivity contribution in [1.82, 2.24) is 9.97 Å². The number of fused-ring (bicyclic) bond motifs is 1. The van der Waals surface area contributed by atoms with Crippen molar-refractivity contribution in [1.29, 1.82) is 0 Å². The van der Waals surface area contributed by atoms with E-state index in [0.29, 0.717) is 28.9 Å². The van der Waals surface area contributed by atoms with Crippen molar-refractivity contribution >= 4 is 67.3 Å². The zero-order valence-electron chi connectivity index (χ0n) is 18.5. The Morgan fingerprint density at radius 3 is 2.76 bits per heavy atom. The van der Waals surface area contributed by atoms with E-state index in [4.69, 9.17) is 9.47 Å². The molecule has 0 bridgehead atoms. The Kier molecular flexibility index (Phi) is 7.99. The van der Waals surface area contributed by atoms with E-state index < -0.39 is 0 Å². The molecule has 0 saturated carbocycles. The van der Waals surface area contributed by atoms with Crippen molar-refractivity contribution in [3.63, 3.8) is 0 Å². The monoisotopic (exact) mass is 514 g/mol. The molecule has 4 aromatic rings. The molecule has 8 nitrogen and oxygen atoms in total. The normalized spacial score (nSPS) is 10.8. The average Bonchev–Trinajstić information content (AvgIpc) is 3.43. The summed E-state index contributed by atoms with van der Waals surface area (Å²) in [7, 11) is 1.58. The molecule has 0 radical (unpaired) electrons. The van der Waals surface area contributed by atoms with Crippen LogP contribution in [0.15, 0.2) is 52.2 Å². The van der Waals surface area contributed by atoms with Crippen LogP contribution in [-0.4, -0.2) is 41.3 Å². The molecule has 11 heteroatoms. The van der Waals surface area contributed by atoms with Crippen LogP contribution in [0.25, 0.3) is 10.2 Å². The van der Waals surface area contributed by atoms with Gasteiger partial charge in [0.05, 0.1) is 41.8 Å². The number of hydrogen-bond donors (Lipinski definition) is 2. The molecule has 2 aromatic carbocycles. The van der Waals surface area contributed by atoms with Gasteiger partial charge in [0.25, 0.3) is 0 Å². The minimum Gasteiger partial charge on any atom is -0.497 e. The van der Waals surface area contributed by atoms with Crippen LogP contribution in [0, 0.1) is 0 Å². The topological polar surface area (TPSA) is 102 Å². The Morgan fingerprint density at radius 2 is 1.94 bits per heavy atom. The molecule has 0 atom stereocenters. The lowest BCUT2D eigenvalue weighted by atomic mass is 10.3. The highest BCUT2D eigenvalue weighted by Crippen LogP contribution is 2.29. The first kappa shape index (κ1) is 24.0. The number of nitrogens with one attached hydrogen (secondary N) is 2. The summed E-state index contributed by atoms with van der Waals surface area (Å²) < 4.78 is 12.3. The van der Waals surface area contributed by atoms with E-state index >= 15 is 0 Å². The highest BCUT2D eigenvalue weighted by molar-refractivity contribution is 8.01. The van der Waals surface area contributed by atoms with Crippen molar-refractivity contribution in [2.45, 2.75) is 17.7 Å². The van der Waals surface area contributed by atoms with E-state index in [0.717, 1.165) is 20.3 Å². The second-order valence-corrected chi connectivity index (χ2v) is 10.1. The SMILES string of the molecule is CCOc1ccc2nc(NC(=O)Cc3csc(SCC(=O)Nc4cccc(OC)c4)n3)sc2c1. The molecule has 2 N–H and O–H groups in total. The van der Waals surface area contributed by atoms with Crippen LogP contribution in [0.2, 0.25) is 0 Å². The van der Waals surface area contributed by atoms with E-state index in [-0.39, 0.29) is 24.0 Å². The van der Waals surface area contributed by atoms with Gasteiger partial charge in [-0.15, -0.1) is 11.3 Å². The van der Waals surface area contributed by atoms with Gasteiger partial charge in [-0.1, -0.05) is 29.2 Å². The fraction of sp³-hybridized carbons (Fsp3) is 0.217. The van der Waals surface area contributed by atoms with Gasteiger partial charge in [-0.3, -0.25) is 9.59 Å². The zero-order chi connectivity index (χ0) is 23.9. The van der Waals surface area contributed by atoms with E-state index in [1.165, 1.54) is 34.4 Å². The number of aromatic nitrogens is 2. The molecule has 0 spiro atoms. The molecule has 2 aromatic heterocycles. The first-order valence-electron chi connectivity index (χ1n) is 10.4. The second kappa shape index (κ2) is 11.3. The molecule has 176 valence electrons. The summed E-state index contributed by atoms with van der Waals surface area (Å²) in [5, 5.41) is 8.04. The summed E-state index contributed by atoms with van der Waals surface area (Å²) in [5.74, 6) is 1.33. The van der Waals surface area contributed by atoms with Crippen molar-refractivity contribution < 1.29 is 19.1 Å². The van der Waals surface area contributed by atoms with Crippen LogP contribution in [0.3, 0.4) is 0 Å². The summed E-state index contributed by atoms with van der Waals surface area (Å²) in [5.41, 5.74) is 2.13. The zero-order valence-corrected chi connectivity index (χ0v) is 20.9. The van der Waals surface area contributed by atoms with Crippen LogP contribution in [0.1, 0.15) is 12.6 Å². The number of amides is 2. The summed E-state index contributed by atoms with van der Waals surface area (Å²) >= 11 is 4.13. The molecule has 0 aliphatic heterocycles. The van der Waals surface area contributed by atoms with Gasteiger partial charge in [-0.2, -0.15) is 0 Å². The molecule has 2 amide bonds. The number of rotatable bonds is 10. The quantitative estimate of drug-likeness (QED) is 0.285. The smallest absolute Gasteiger partial charge is 0.234 e. The van der Waals surface area contributed by atoms with Crippen LogP contribution in [0.4, 0.5) is 10.8 Å². The van der Waals surface area contributed by atoms with Gasteiger partial charge in [0.2, 0.25) is 11.8 Å². The Bertz CT molecular complexity index is 1300. The minimum absolute atomic E-state index is 0.132. The molecular formula is C23H22N4O4S3. The van der Waals surface area contributed by atoms with Crippen molar-refractivity contribution in [2.75, 3.05) is 30.1 Å². The van der Waals surface area contributed by atoms with Gasteiger partial charge in [0.1, 0.15) is 11.5 Å². The van der Waals surface area contributed by atoms with E-state index in [1.807, 2.05) is 42.6 Å². The minimum atomic E-state index is -0.193. The Morgan fingerprint density at radius 1 is 1.06 bits per heavy atom. The van der Waals surface area contributed by atoms with Crippen LogP contribution in [0.5, 0.6) is 11.5 Å². The molecule has 0 aliphatic carbocycles. The number of thioether (sulfide) groups is 1. The number of ether oxygens (including phenoxy) is 2. The molecule has 4 rings (SSSR count). The molecular weight excluding hydrogens is 492 g/mol. The maximum Gasteiger partial charge on any atom is 0.234 e. The second-order valence-electron chi connectivity index (χ2n) is 6.98. The lowest BCUT2D eigenvalue weighted by Crippen LogP contribution is -2.14. The number of hydrogen-bond acceptors (Lipinski definition) is 9. The number of benzene rings is 2. The number of methoxy groups -OCH3 is 1. The first-order chi connectivity index (χ1) is 16.5. The predicted octanol–water partition coefficient (Wildman–Crippen LogP) is 5.07. The molecule has 2 heterocycles. The van der Waals surface area contributed by atoms with Crippen molar-refractivity contribution in [3.05, 3.63) is 53.5 Å². The lowest BCUT2D eigenvalue weighted by Gasteiger charge is -2.06. The highest BCUT2D eigenvalue weighted by atomic mass is 32.2.